The number of carbonyl (C=O) groups excluding carboxylic acids is 1. The maximum absolute atomic E-state index is 11.5. The zero-order chi connectivity index (χ0) is 10.7. The summed E-state index contributed by atoms with van der Waals surface area (Å²) in [5, 5.41) is 0. The third-order valence-corrected chi connectivity index (χ3v) is 2.38. The van der Waals surface area contributed by atoms with Gasteiger partial charge in [0, 0.05) is 0 Å². The van der Waals surface area contributed by atoms with Gasteiger partial charge in [-0.15, -0.1) is 0 Å². The quantitative estimate of drug-likeness (QED) is 0.673. The van der Waals surface area contributed by atoms with Crippen molar-refractivity contribution < 1.29 is 9.53 Å². The molecule has 0 aromatic heterocycles. The zero-order valence-electron chi connectivity index (χ0n) is 9.18. The first-order chi connectivity index (χ1) is 6.60. The van der Waals surface area contributed by atoms with Crippen LogP contribution in [0.15, 0.2) is 12.1 Å². The van der Waals surface area contributed by atoms with Crippen molar-refractivity contribution in [3.05, 3.63) is 34.4 Å². The number of hydrogen-bond acceptors (Lipinski definition) is 2. The minimum absolute atomic E-state index is 0.242. The topological polar surface area (TPSA) is 26.3 Å². The molecule has 0 heterocycles. The first-order valence-electron chi connectivity index (χ1n) is 4.78. The highest BCUT2D eigenvalue weighted by Crippen LogP contribution is 2.18. The van der Waals surface area contributed by atoms with Crippen LogP contribution in [0.1, 0.15) is 34.0 Å². The van der Waals surface area contributed by atoms with Crippen molar-refractivity contribution in [2.45, 2.75) is 27.2 Å². The number of ether oxygens (including phenoxy) is 1. The number of benzene rings is 1. The van der Waals surface area contributed by atoms with Crippen molar-refractivity contribution in [3.8, 4) is 0 Å². The Bertz CT molecular complexity index is 354. The van der Waals surface area contributed by atoms with E-state index in [2.05, 4.69) is 6.07 Å². The molecule has 14 heavy (non-hydrogen) atoms. The molecule has 0 aliphatic heterocycles. The van der Waals surface area contributed by atoms with E-state index in [1.54, 1.807) is 0 Å². The molecule has 2 heteroatoms. The van der Waals surface area contributed by atoms with E-state index in [0.717, 1.165) is 23.1 Å². The summed E-state index contributed by atoms with van der Waals surface area (Å²) in [6.07, 6.45) is 0.858. The molecule has 1 aromatic carbocycles. The van der Waals surface area contributed by atoms with Crippen molar-refractivity contribution in [2.75, 3.05) is 7.11 Å². The fraction of sp³-hybridized carbons (Fsp3) is 0.417. The van der Waals surface area contributed by atoms with Gasteiger partial charge in [0.15, 0.2) is 0 Å². The molecule has 0 aliphatic rings. The van der Waals surface area contributed by atoms with Gasteiger partial charge in [0.05, 0.1) is 12.7 Å². The number of hydrogen-bond donors (Lipinski definition) is 0. The maximum Gasteiger partial charge on any atom is 0.338 e. The van der Waals surface area contributed by atoms with Crippen LogP contribution in [0.5, 0.6) is 0 Å². The average molecular weight is 192 g/mol. The molecule has 0 spiro atoms. The van der Waals surface area contributed by atoms with Gasteiger partial charge in [-0.1, -0.05) is 13.0 Å². The Morgan fingerprint density at radius 2 is 2.00 bits per heavy atom. The molecule has 0 saturated heterocycles. The molecule has 0 radical (unpaired) electrons. The molecular formula is C12H16O2. The zero-order valence-corrected chi connectivity index (χ0v) is 9.18. The van der Waals surface area contributed by atoms with E-state index in [1.807, 2.05) is 26.8 Å². The van der Waals surface area contributed by atoms with E-state index in [4.69, 9.17) is 4.74 Å². The summed E-state index contributed by atoms with van der Waals surface area (Å²) < 4.78 is 4.75. The van der Waals surface area contributed by atoms with Crippen molar-refractivity contribution >= 4 is 5.97 Å². The van der Waals surface area contributed by atoms with E-state index in [9.17, 15) is 4.79 Å². The molecule has 0 aliphatic carbocycles. The minimum atomic E-state index is -0.242. The van der Waals surface area contributed by atoms with Crippen LogP contribution in [0.4, 0.5) is 0 Å². The van der Waals surface area contributed by atoms with Crippen LogP contribution in [-0.2, 0) is 11.2 Å². The first kappa shape index (κ1) is 10.8. The molecular weight excluding hydrogens is 176 g/mol. The highest BCUT2D eigenvalue weighted by atomic mass is 16.5. The monoisotopic (exact) mass is 192 g/mol. The fourth-order valence-corrected chi connectivity index (χ4v) is 1.76. The van der Waals surface area contributed by atoms with E-state index in [0.29, 0.717) is 5.56 Å². The molecule has 1 rings (SSSR count). The molecule has 2 nitrogen and oxygen atoms in total. The Labute approximate surface area is 84.9 Å². The summed E-state index contributed by atoms with van der Waals surface area (Å²) in [6, 6.07) is 3.98. The van der Waals surface area contributed by atoms with E-state index >= 15 is 0 Å². The Balaban J connectivity index is 3.32. The first-order valence-corrected chi connectivity index (χ1v) is 4.78. The molecule has 0 fully saturated rings. The van der Waals surface area contributed by atoms with Gasteiger partial charge in [-0.25, -0.2) is 4.79 Å². The van der Waals surface area contributed by atoms with Crippen LogP contribution in [0.25, 0.3) is 0 Å². The molecule has 0 bridgehead atoms. The van der Waals surface area contributed by atoms with Crippen molar-refractivity contribution in [1.82, 2.24) is 0 Å². The summed E-state index contributed by atoms with van der Waals surface area (Å²) in [5.74, 6) is -0.242. The summed E-state index contributed by atoms with van der Waals surface area (Å²) in [7, 11) is 1.42. The third kappa shape index (κ3) is 1.95. The SMILES string of the molecule is CCc1c(C)cc(C)cc1C(=O)OC. The van der Waals surface area contributed by atoms with Crippen molar-refractivity contribution in [2.24, 2.45) is 0 Å². The van der Waals surface area contributed by atoms with Gasteiger partial charge in [0.1, 0.15) is 0 Å². The van der Waals surface area contributed by atoms with Crippen LogP contribution in [0.2, 0.25) is 0 Å². The molecule has 0 N–H and O–H groups in total. The molecule has 1 aromatic rings. The standard InChI is InChI=1S/C12H16O2/c1-5-10-9(3)6-8(2)7-11(10)12(13)14-4/h6-7H,5H2,1-4H3. The van der Waals surface area contributed by atoms with Crippen LogP contribution >= 0.6 is 0 Å². The molecule has 0 atom stereocenters. The van der Waals surface area contributed by atoms with Crippen molar-refractivity contribution in [1.29, 1.82) is 0 Å². The largest absolute Gasteiger partial charge is 0.465 e. The van der Waals surface area contributed by atoms with E-state index < -0.39 is 0 Å². The number of methoxy groups -OCH3 is 1. The Morgan fingerprint density at radius 3 is 2.50 bits per heavy atom. The van der Waals surface area contributed by atoms with Gasteiger partial charge in [0.25, 0.3) is 0 Å². The smallest absolute Gasteiger partial charge is 0.338 e. The summed E-state index contributed by atoms with van der Waals surface area (Å²) >= 11 is 0. The molecule has 76 valence electrons. The Morgan fingerprint density at radius 1 is 1.36 bits per heavy atom. The number of esters is 1. The number of rotatable bonds is 2. The molecule has 0 amide bonds. The lowest BCUT2D eigenvalue weighted by Crippen LogP contribution is -2.07. The van der Waals surface area contributed by atoms with E-state index in [1.165, 1.54) is 7.11 Å². The third-order valence-electron chi connectivity index (χ3n) is 2.38. The van der Waals surface area contributed by atoms with Gasteiger partial charge in [-0.05, 0) is 43.0 Å². The molecule has 0 saturated carbocycles. The minimum Gasteiger partial charge on any atom is -0.465 e. The second kappa shape index (κ2) is 4.27. The van der Waals surface area contributed by atoms with Gasteiger partial charge in [0.2, 0.25) is 0 Å². The second-order valence-corrected chi connectivity index (χ2v) is 3.45. The summed E-state index contributed by atoms with van der Waals surface area (Å²) in [5.41, 5.74) is 4.04. The summed E-state index contributed by atoms with van der Waals surface area (Å²) in [4.78, 5) is 11.5. The fourth-order valence-electron chi connectivity index (χ4n) is 1.76. The predicted molar refractivity (Wildman–Crippen MR) is 56.6 cm³/mol. The second-order valence-electron chi connectivity index (χ2n) is 3.45. The summed E-state index contributed by atoms with van der Waals surface area (Å²) in [6.45, 7) is 6.06. The number of aryl methyl sites for hydroxylation is 2. The Kier molecular flexibility index (Phi) is 3.28. The van der Waals surface area contributed by atoms with Crippen LogP contribution < -0.4 is 0 Å². The Hall–Kier alpha value is -1.31. The predicted octanol–water partition coefficient (Wildman–Crippen LogP) is 2.65. The number of carbonyl (C=O) groups is 1. The van der Waals surface area contributed by atoms with Crippen LogP contribution in [0.3, 0.4) is 0 Å². The average Bonchev–Trinajstić information content (AvgIpc) is 2.15. The molecule has 0 unspecified atom stereocenters. The lowest BCUT2D eigenvalue weighted by molar-refractivity contribution is 0.0599. The van der Waals surface area contributed by atoms with Gasteiger partial charge in [-0.2, -0.15) is 0 Å². The van der Waals surface area contributed by atoms with Gasteiger partial charge < -0.3 is 4.74 Å². The lowest BCUT2D eigenvalue weighted by Gasteiger charge is -2.10. The lowest BCUT2D eigenvalue weighted by atomic mass is 9.97. The van der Waals surface area contributed by atoms with Crippen LogP contribution in [0, 0.1) is 13.8 Å². The van der Waals surface area contributed by atoms with Gasteiger partial charge in [-0.3, -0.25) is 0 Å². The normalized spacial score (nSPS) is 10.0. The van der Waals surface area contributed by atoms with Crippen molar-refractivity contribution in [3.63, 3.8) is 0 Å². The van der Waals surface area contributed by atoms with E-state index in [-0.39, 0.29) is 5.97 Å². The highest BCUT2D eigenvalue weighted by Gasteiger charge is 2.12. The van der Waals surface area contributed by atoms with Crippen LogP contribution in [-0.4, -0.2) is 13.1 Å². The highest BCUT2D eigenvalue weighted by molar-refractivity contribution is 5.91. The van der Waals surface area contributed by atoms with Gasteiger partial charge >= 0.3 is 5.97 Å². The maximum atomic E-state index is 11.5.